The highest BCUT2D eigenvalue weighted by Crippen LogP contribution is 2.30. The summed E-state index contributed by atoms with van der Waals surface area (Å²) in [6.07, 6.45) is 2.14. The summed E-state index contributed by atoms with van der Waals surface area (Å²) in [6.45, 7) is 9.78. The fourth-order valence-corrected chi connectivity index (χ4v) is 2.60. The largest absolute Gasteiger partial charge is 0.468 e. The summed E-state index contributed by atoms with van der Waals surface area (Å²) in [7, 11) is 1.49. The van der Waals surface area contributed by atoms with Gasteiger partial charge in [-0.25, -0.2) is 0 Å². The Hall–Kier alpha value is -0.570. The van der Waals surface area contributed by atoms with Crippen LogP contribution >= 0.6 is 0 Å². The van der Waals surface area contributed by atoms with E-state index in [-0.39, 0.29) is 12.0 Å². The molecule has 0 aromatic rings. The van der Waals surface area contributed by atoms with E-state index in [9.17, 15) is 4.79 Å². The quantitative estimate of drug-likeness (QED) is 0.693. The van der Waals surface area contributed by atoms with Gasteiger partial charge in [0.25, 0.3) is 0 Å². The third-order valence-corrected chi connectivity index (χ3v) is 3.76. The zero-order chi connectivity index (χ0) is 12.3. The van der Waals surface area contributed by atoms with Crippen LogP contribution in [0.1, 0.15) is 40.5 Å². The first kappa shape index (κ1) is 13.5. The Labute approximate surface area is 99.1 Å². The molecule has 3 nitrogen and oxygen atoms in total. The number of rotatable bonds is 3. The number of esters is 1. The van der Waals surface area contributed by atoms with Crippen molar-refractivity contribution in [2.45, 2.75) is 52.6 Å². The second-order valence-electron chi connectivity index (χ2n) is 5.40. The van der Waals surface area contributed by atoms with Crippen molar-refractivity contribution in [2.75, 3.05) is 13.7 Å². The predicted molar refractivity (Wildman–Crippen MR) is 65.2 cm³/mol. The average Bonchev–Trinajstić information content (AvgIpc) is 2.26. The van der Waals surface area contributed by atoms with Crippen molar-refractivity contribution in [1.29, 1.82) is 0 Å². The van der Waals surface area contributed by atoms with Gasteiger partial charge in [-0.15, -0.1) is 0 Å². The molecule has 0 spiro atoms. The third kappa shape index (κ3) is 2.97. The fourth-order valence-electron chi connectivity index (χ4n) is 2.60. The van der Waals surface area contributed by atoms with Gasteiger partial charge in [-0.05, 0) is 45.1 Å². The van der Waals surface area contributed by atoms with E-state index in [2.05, 4.69) is 32.6 Å². The van der Waals surface area contributed by atoms with E-state index in [4.69, 9.17) is 4.74 Å². The van der Waals surface area contributed by atoms with E-state index in [1.807, 2.05) is 0 Å². The second-order valence-corrected chi connectivity index (χ2v) is 5.40. The summed E-state index contributed by atoms with van der Waals surface area (Å²) in [4.78, 5) is 14.1. The number of hydrogen-bond acceptors (Lipinski definition) is 3. The summed E-state index contributed by atoms with van der Waals surface area (Å²) >= 11 is 0. The van der Waals surface area contributed by atoms with E-state index in [1.165, 1.54) is 13.5 Å². The molecule has 3 heteroatoms. The molecule has 0 aromatic carbocycles. The zero-order valence-corrected chi connectivity index (χ0v) is 11.2. The maximum absolute atomic E-state index is 11.8. The molecule has 2 atom stereocenters. The van der Waals surface area contributed by atoms with Crippen molar-refractivity contribution in [3.05, 3.63) is 0 Å². The molecule has 1 fully saturated rings. The van der Waals surface area contributed by atoms with Crippen LogP contribution in [0, 0.1) is 11.8 Å². The minimum absolute atomic E-state index is 0.0360. The Balaban J connectivity index is 2.73. The standard InChI is InChI=1S/C13H25NO2/c1-9(2)11-6-7-14(10(3)4)12(8-11)13(15)16-5/h9-12H,6-8H2,1-5H3. The van der Waals surface area contributed by atoms with Gasteiger partial charge < -0.3 is 4.74 Å². The number of piperidine rings is 1. The first-order valence-electron chi connectivity index (χ1n) is 6.31. The summed E-state index contributed by atoms with van der Waals surface area (Å²) < 4.78 is 4.92. The number of methoxy groups -OCH3 is 1. The van der Waals surface area contributed by atoms with Gasteiger partial charge in [0, 0.05) is 6.04 Å². The Morgan fingerprint density at radius 3 is 2.38 bits per heavy atom. The number of carbonyl (C=O) groups is 1. The molecule has 94 valence electrons. The van der Waals surface area contributed by atoms with Crippen LogP contribution in [-0.2, 0) is 9.53 Å². The smallest absolute Gasteiger partial charge is 0.323 e. The zero-order valence-electron chi connectivity index (χ0n) is 11.2. The number of ether oxygens (including phenoxy) is 1. The average molecular weight is 227 g/mol. The molecule has 0 aliphatic carbocycles. The van der Waals surface area contributed by atoms with Crippen molar-refractivity contribution >= 4 is 5.97 Å². The highest BCUT2D eigenvalue weighted by Gasteiger charge is 2.36. The topological polar surface area (TPSA) is 29.5 Å². The lowest BCUT2D eigenvalue weighted by Crippen LogP contribution is -2.51. The number of likely N-dealkylation sites (tertiary alicyclic amines) is 1. The molecular formula is C13H25NO2. The SMILES string of the molecule is COC(=O)C1CC(C(C)C)CCN1C(C)C. The van der Waals surface area contributed by atoms with E-state index >= 15 is 0 Å². The fraction of sp³-hybridized carbons (Fsp3) is 0.923. The lowest BCUT2D eigenvalue weighted by atomic mass is 9.82. The maximum Gasteiger partial charge on any atom is 0.323 e. The molecule has 1 aliphatic rings. The summed E-state index contributed by atoms with van der Waals surface area (Å²) in [5, 5.41) is 0. The van der Waals surface area contributed by atoms with Crippen molar-refractivity contribution in [1.82, 2.24) is 4.90 Å². The Morgan fingerprint density at radius 2 is 1.94 bits per heavy atom. The van der Waals surface area contributed by atoms with E-state index in [0.717, 1.165) is 13.0 Å². The number of carbonyl (C=O) groups excluding carboxylic acids is 1. The van der Waals surface area contributed by atoms with Gasteiger partial charge in [0.1, 0.15) is 6.04 Å². The van der Waals surface area contributed by atoms with Crippen LogP contribution in [0.5, 0.6) is 0 Å². The summed E-state index contributed by atoms with van der Waals surface area (Å²) in [6, 6.07) is 0.378. The monoisotopic (exact) mass is 227 g/mol. The molecule has 0 N–H and O–H groups in total. The first-order chi connectivity index (χ1) is 7.47. The minimum Gasteiger partial charge on any atom is -0.468 e. The Bertz CT molecular complexity index is 238. The molecule has 1 heterocycles. The van der Waals surface area contributed by atoms with Gasteiger partial charge in [-0.1, -0.05) is 13.8 Å². The summed E-state index contributed by atoms with van der Waals surface area (Å²) in [5.41, 5.74) is 0. The van der Waals surface area contributed by atoms with Crippen molar-refractivity contribution in [3.63, 3.8) is 0 Å². The highest BCUT2D eigenvalue weighted by atomic mass is 16.5. The third-order valence-electron chi connectivity index (χ3n) is 3.76. The molecule has 1 rings (SSSR count). The lowest BCUT2D eigenvalue weighted by molar-refractivity contribution is -0.150. The first-order valence-corrected chi connectivity index (χ1v) is 6.31. The summed E-state index contributed by atoms with van der Waals surface area (Å²) in [5.74, 6) is 1.24. The van der Waals surface area contributed by atoms with E-state index < -0.39 is 0 Å². The number of nitrogens with zero attached hydrogens (tertiary/aromatic N) is 1. The molecular weight excluding hydrogens is 202 g/mol. The van der Waals surface area contributed by atoms with Crippen LogP contribution in [0.2, 0.25) is 0 Å². The molecule has 16 heavy (non-hydrogen) atoms. The molecule has 0 aromatic heterocycles. The van der Waals surface area contributed by atoms with Gasteiger partial charge in [-0.3, -0.25) is 9.69 Å². The Kier molecular flexibility index (Phi) is 4.78. The van der Waals surface area contributed by atoms with Crippen LogP contribution in [-0.4, -0.2) is 36.6 Å². The van der Waals surface area contributed by atoms with E-state index in [1.54, 1.807) is 0 Å². The van der Waals surface area contributed by atoms with Crippen LogP contribution in [0.3, 0.4) is 0 Å². The van der Waals surface area contributed by atoms with Crippen LogP contribution in [0.4, 0.5) is 0 Å². The van der Waals surface area contributed by atoms with Crippen molar-refractivity contribution in [3.8, 4) is 0 Å². The van der Waals surface area contributed by atoms with Gasteiger partial charge >= 0.3 is 5.97 Å². The second kappa shape index (κ2) is 5.67. The molecule has 1 aliphatic heterocycles. The highest BCUT2D eigenvalue weighted by molar-refractivity contribution is 5.75. The molecule has 2 unspecified atom stereocenters. The maximum atomic E-state index is 11.8. The van der Waals surface area contributed by atoms with Gasteiger partial charge in [-0.2, -0.15) is 0 Å². The molecule has 0 radical (unpaired) electrons. The molecule has 1 saturated heterocycles. The predicted octanol–water partition coefficient (Wildman–Crippen LogP) is 2.30. The molecule has 0 saturated carbocycles. The lowest BCUT2D eigenvalue weighted by Gasteiger charge is -2.41. The van der Waals surface area contributed by atoms with E-state index in [0.29, 0.717) is 17.9 Å². The molecule has 0 bridgehead atoms. The van der Waals surface area contributed by atoms with Crippen LogP contribution in [0.25, 0.3) is 0 Å². The van der Waals surface area contributed by atoms with Crippen molar-refractivity contribution in [2.24, 2.45) is 11.8 Å². The van der Waals surface area contributed by atoms with Gasteiger partial charge in [0.15, 0.2) is 0 Å². The normalized spacial score (nSPS) is 27.4. The number of hydrogen-bond donors (Lipinski definition) is 0. The van der Waals surface area contributed by atoms with Crippen LogP contribution < -0.4 is 0 Å². The van der Waals surface area contributed by atoms with Gasteiger partial charge in [0.05, 0.1) is 7.11 Å². The van der Waals surface area contributed by atoms with Crippen molar-refractivity contribution < 1.29 is 9.53 Å². The molecule has 0 amide bonds. The minimum atomic E-state index is -0.0703. The Morgan fingerprint density at radius 1 is 1.31 bits per heavy atom. The van der Waals surface area contributed by atoms with Crippen LogP contribution in [0.15, 0.2) is 0 Å². The van der Waals surface area contributed by atoms with Gasteiger partial charge in [0.2, 0.25) is 0 Å².